The van der Waals surface area contributed by atoms with Crippen molar-refractivity contribution in [2.75, 3.05) is 20.2 Å². The van der Waals surface area contributed by atoms with Crippen LogP contribution in [0.5, 0.6) is 5.75 Å². The first-order chi connectivity index (χ1) is 11.7. The molecular weight excluding hydrogens is 298 g/mol. The van der Waals surface area contributed by atoms with Crippen LogP contribution in [0.1, 0.15) is 24.0 Å². The van der Waals surface area contributed by atoms with E-state index in [9.17, 15) is 4.79 Å². The van der Waals surface area contributed by atoms with Crippen molar-refractivity contribution in [1.82, 2.24) is 4.90 Å². The molecule has 24 heavy (non-hydrogen) atoms. The number of carbonyl (C=O) groups excluding carboxylic acids is 1. The third-order valence-electron chi connectivity index (χ3n) is 4.75. The molecule has 0 bridgehead atoms. The highest BCUT2D eigenvalue weighted by Crippen LogP contribution is 2.22. The highest BCUT2D eigenvalue weighted by atomic mass is 16.5. The van der Waals surface area contributed by atoms with Gasteiger partial charge in [0, 0.05) is 13.1 Å². The van der Waals surface area contributed by atoms with Gasteiger partial charge >= 0.3 is 0 Å². The lowest BCUT2D eigenvalue weighted by Gasteiger charge is -2.33. The largest absolute Gasteiger partial charge is 0.497 e. The second kappa shape index (κ2) is 8.00. The van der Waals surface area contributed by atoms with E-state index >= 15 is 0 Å². The van der Waals surface area contributed by atoms with Gasteiger partial charge in [0.25, 0.3) is 0 Å². The average molecular weight is 323 g/mol. The molecule has 0 aliphatic carbocycles. The summed E-state index contributed by atoms with van der Waals surface area (Å²) in [5, 5.41) is 0. The molecule has 3 nitrogen and oxygen atoms in total. The Morgan fingerprint density at radius 2 is 1.83 bits per heavy atom. The van der Waals surface area contributed by atoms with E-state index in [-0.39, 0.29) is 5.91 Å². The third kappa shape index (κ3) is 4.38. The normalized spacial score (nSPS) is 17.5. The zero-order valence-electron chi connectivity index (χ0n) is 14.3. The molecule has 1 aliphatic heterocycles. The number of benzene rings is 2. The van der Waals surface area contributed by atoms with E-state index in [0.29, 0.717) is 12.3 Å². The van der Waals surface area contributed by atoms with Crippen LogP contribution in [0.25, 0.3) is 0 Å². The second-order valence-corrected chi connectivity index (χ2v) is 6.56. The van der Waals surface area contributed by atoms with Crippen LogP contribution in [0.2, 0.25) is 0 Å². The molecule has 2 aromatic rings. The minimum Gasteiger partial charge on any atom is -0.497 e. The zero-order valence-corrected chi connectivity index (χ0v) is 14.3. The highest BCUT2D eigenvalue weighted by Gasteiger charge is 2.23. The number of nitrogens with zero attached hydrogens (tertiary/aromatic N) is 1. The maximum absolute atomic E-state index is 12.6. The molecule has 1 amide bonds. The van der Waals surface area contributed by atoms with E-state index in [4.69, 9.17) is 4.74 Å². The number of hydrogen-bond donors (Lipinski definition) is 0. The fourth-order valence-corrected chi connectivity index (χ4v) is 3.44. The van der Waals surface area contributed by atoms with Crippen LogP contribution in [0.15, 0.2) is 54.6 Å². The summed E-state index contributed by atoms with van der Waals surface area (Å²) in [4.78, 5) is 14.7. The Bertz CT molecular complexity index is 651. The van der Waals surface area contributed by atoms with Crippen molar-refractivity contribution in [3.8, 4) is 5.75 Å². The topological polar surface area (TPSA) is 29.5 Å². The predicted molar refractivity (Wildman–Crippen MR) is 96.1 cm³/mol. The molecule has 0 aromatic heterocycles. The summed E-state index contributed by atoms with van der Waals surface area (Å²) >= 11 is 0. The van der Waals surface area contributed by atoms with Crippen LogP contribution in [0.4, 0.5) is 0 Å². The molecule has 3 rings (SSSR count). The number of likely N-dealkylation sites (tertiary alicyclic amines) is 1. The molecule has 0 N–H and O–H groups in total. The van der Waals surface area contributed by atoms with E-state index in [1.807, 2.05) is 29.2 Å². The number of ether oxygens (including phenoxy) is 1. The Labute approximate surface area is 144 Å². The molecule has 1 unspecified atom stereocenters. The number of methoxy groups -OCH3 is 1. The SMILES string of the molecule is COc1ccc(CC(=O)N2CCCC(Cc3ccccc3)C2)cc1. The van der Waals surface area contributed by atoms with Crippen molar-refractivity contribution >= 4 is 5.91 Å². The zero-order chi connectivity index (χ0) is 16.8. The number of carbonyl (C=O) groups is 1. The van der Waals surface area contributed by atoms with E-state index in [1.54, 1.807) is 7.11 Å². The smallest absolute Gasteiger partial charge is 0.226 e. The average Bonchev–Trinajstić information content (AvgIpc) is 2.63. The second-order valence-electron chi connectivity index (χ2n) is 6.56. The van der Waals surface area contributed by atoms with Crippen LogP contribution in [-0.4, -0.2) is 31.0 Å². The third-order valence-corrected chi connectivity index (χ3v) is 4.75. The van der Waals surface area contributed by atoms with E-state index in [1.165, 1.54) is 12.0 Å². The van der Waals surface area contributed by atoms with E-state index < -0.39 is 0 Å². The van der Waals surface area contributed by atoms with Crippen LogP contribution >= 0.6 is 0 Å². The van der Waals surface area contributed by atoms with Crippen molar-refractivity contribution in [3.05, 3.63) is 65.7 Å². The van der Waals surface area contributed by atoms with Crippen molar-refractivity contribution in [2.45, 2.75) is 25.7 Å². The van der Waals surface area contributed by atoms with Crippen LogP contribution < -0.4 is 4.74 Å². The number of amides is 1. The molecule has 0 saturated carbocycles. The van der Waals surface area contributed by atoms with Gasteiger partial charge in [-0.1, -0.05) is 42.5 Å². The summed E-state index contributed by atoms with van der Waals surface area (Å²) in [6.45, 7) is 1.77. The van der Waals surface area contributed by atoms with Crippen molar-refractivity contribution in [2.24, 2.45) is 5.92 Å². The summed E-state index contributed by atoms with van der Waals surface area (Å²) in [7, 11) is 1.65. The molecule has 2 aromatic carbocycles. The summed E-state index contributed by atoms with van der Waals surface area (Å²) in [6, 6.07) is 18.4. The first-order valence-electron chi connectivity index (χ1n) is 8.69. The van der Waals surface area contributed by atoms with Crippen molar-refractivity contribution < 1.29 is 9.53 Å². The maximum Gasteiger partial charge on any atom is 0.226 e. The van der Waals surface area contributed by atoms with Gasteiger partial charge in [-0.3, -0.25) is 4.79 Å². The first kappa shape index (κ1) is 16.6. The van der Waals surface area contributed by atoms with Gasteiger partial charge in [-0.25, -0.2) is 0 Å². The van der Waals surface area contributed by atoms with Gasteiger partial charge in [0.15, 0.2) is 0 Å². The molecular formula is C21H25NO2. The lowest BCUT2D eigenvalue weighted by molar-refractivity contribution is -0.132. The predicted octanol–water partition coefficient (Wildman–Crippen LogP) is 3.72. The Morgan fingerprint density at radius 1 is 1.08 bits per heavy atom. The number of hydrogen-bond acceptors (Lipinski definition) is 2. The van der Waals surface area contributed by atoms with E-state index in [0.717, 1.165) is 37.2 Å². The molecule has 0 radical (unpaired) electrons. The van der Waals surface area contributed by atoms with Crippen molar-refractivity contribution in [3.63, 3.8) is 0 Å². The quantitative estimate of drug-likeness (QED) is 0.839. The van der Waals surface area contributed by atoms with Gasteiger partial charge in [0.2, 0.25) is 5.91 Å². The van der Waals surface area contributed by atoms with Gasteiger partial charge in [-0.2, -0.15) is 0 Å². The Hall–Kier alpha value is -2.29. The van der Waals surface area contributed by atoms with Crippen molar-refractivity contribution in [1.29, 1.82) is 0 Å². The molecule has 126 valence electrons. The summed E-state index contributed by atoms with van der Waals surface area (Å²) < 4.78 is 5.17. The maximum atomic E-state index is 12.6. The van der Waals surface area contributed by atoms with Crippen LogP contribution in [0.3, 0.4) is 0 Å². The lowest BCUT2D eigenvalue weighted by Crippen LogP contribution is -2.41. The number of piperidine rings is 1. The number of rotatable bonds is 5. The first-order valence-corrected chi connectivity index (χ1v) is 8.69. The Morgan fingerprint density at radius 3 is 2.54 bits per heavy atom. The fourth-order valence-electron chi connectivity index (χ4n) is 3.44. The molecule has 1 fully saturated rings. The summed E-state index contributed by atoms with van der Waals surface area (Å²) in [5.74, 6) is 1.63. The fraction of sp³-hybridized carbons (Fsp3) is 0.381. The van der Waals surface area contributed by atoms with Gasteiger partial charge < -0.3 is 9.64 Å². The van der Waals surface area contributed by atoms with Gasteiger partial charge in [-0.05, 0) is 48.4 Å². The summed E-state index contributed by atoms with van der Waals surface area (Å²) in [6.07, 6.45) is 3.85. The molecule has 1 saturated heterocycles. The molecule has 1 atom stereocenters. The Kier molecular flexibility index (Phi) is 5.52. The standard InChI is InChI=1S/C21H25NO2/c1-24-20-11-9-18(10-12-20)15-21(23)22-13-5-8-19(16-22)14-17-6-3-2-4-7-17/h2-4,6-7,9-12,19H,5,8,13-16H2,1H3. The van der Waals surface area contributed by atoms with Crippen LogP contribution in [0, 0.1) is 5.92 Å². The minimum absolute atomic E-state index is 0.234. The molecule has 3 heteroatoms. The monoisotopic (exact) mass is 323 g/mol. The highest BCUT2D eigenvalue weighted by molar-refractivity contribution is 5.78. The summed E-state index contributed by atoms with van der Waals surface area (Å²) in [5.41, 5.74) is 2.41. The lowest BCUT2D eigenvalue weighted by atomic mass is 9.91. The minimum atomic E-state index is 0.234. The molecule has 0 spiro atoms. The molecule has 1 heterocycles. The van der Waals surface area contributed by atoms with Crippen LogP contribution in [-0.2, 0) is 17.6 Å². The van der Waals surface area contributed by atoms with Gasteiger partial charge in [-0.15, -0.1) is 0 Å². The van der Waals surface area contributed by atoms with Gasteiger partial charge in [0.1, 0.15) is 5.75 Å². The van der Waals surface area contributed by atoms with E-state index in [2.05, 4.69) is 30.3 Å². The molecule has 1 aliphatic rings. The Balaban J connectivity index is 1.56. The van der Waals surface area contributed by atoms with Gasteiger partial charge in [0.05, 0.1) is 13.5 Å².